The molecule has 3 aliphatic rings. The zero-order chi connectivity index (χ0) is 17.5. The molecule has 126 valence electrons. The van der Waals surface area contributed by atoms with E-state index < -0.39 is 46.6 Å². The summed E-state index contributed by atoms with van der Waals surface area (Å²) in [6, 6.07) is 4.27. The molecular formula is C17H14F3NO3. The predicted octanol–water partition coefficient (Wildman–Crippen LogP) is 2.93. The van der Waals surface area contributed by atoms with E-state index in [1.165, 1.54) is 12.1 Å². The molecule has 0 unspecified atom stereocenters. The first-order chi connectivity index (χ1) is 11.1. The van der Waals surface area contributed by atoms with Crippen molar-refractivity contribution in [3.05, 3.63) is 42.0 Å². The molecule has 3 aliphatic heterocycles. The Morgan fingerprint density at radius 3 is 2.08 bits per heavy atom. The number of fused-ring (bicyclic) bond motifs is 5. The summed E-state index contributed by atoms with van der Waals surface area (Å²) in [5, 5.41) is 0. The average Bonchev–Trinajstić information content (AvgIpc) is 3.03. The van der Waals surface area contributed by atoms with E-state index in [-0.39, 0.29) is 5.69 Å². The second-order valence-corrected chi connectivity index (χ2v) is 6.82. The molecule has 0 N–H and O–H groups in total. The van der Waals surface area contributed by atoms with Crippen LogP contribution in [0.3, 0.4) is 0 Å². The van der Waals surface area contributed by atoms with Crippen molar-refractivity contribution in [2.45, 2.75) is 31.2 Å². The lowest BCUT2D eigenvalue weighted by molar-refractivity contribution is -0.138. The number of hydrogen-bond acceptors (Lipinski definition) is 3. The van der Waals surface area contributed by atoms with Crippen molar-refractivity contribution in [1.82, 2.24) is 0 Å². The summed E-state index contributed by atoms with van der Waals surface area (Å²) in [6.45, 7) is 3.44. The molecule has 4 rings (SSSR count). The lowest BCUT2D eigenvalue weighted by Crippen LogP contribution is -2.39. The number of alkyl halides is 3. The van der Waals surface area contributed by atoms with Crippen LogP contribution >= 0.6 is 0 Å². The van der Waals surface area contributed by atoms with Gasteiger partial charge in [-0.3, -0.25) is 9.59 Å². The fraction of sp³-hybridized carbons (Fsp3) is 0.412. The molecule has 0 radical (unpaired) electrons. The number of ether oxygens (including phenoxy) is 1. The molecule has 2 amide bonds. The van der Waals surface area contributed by atoms with E-state index in [1.54, 1.807) is 26.0 Å². The highest BCUT2D eigenvalue weighted by Crippen LogP contribution is 2.57. The number of benzene rings is 1. The SMILES string of the molecule is C[C@@]12C=C[C@](C)(O1)[C@H]1C(=O)N(c3cccc(C(F)(F)F)c3)C(=O)[C@H]12. The number of amides is 2. The number of anilines is 1. The van der Waals surface area contributed by atoms with Crippen LogP contribution < -0.4 is 4.90 Å². The van der Waals surface area contributed by atoms with E-state index in [0.29, 0.717) is 0 Å². The molecule has 0 aromatic heterocycles. The van der Waals surface area contributed by atoms with Crippen molar-refractivity contribution >= 4 is 17.5 Å². The molecule has 1 aromatic carbocycles. The van der Waals surface area contributed by atoms with E-state index in [0.717, 1.165) is 17.0 Å². The standard InChI is InChI=1S/C17H14F3NO3/c1-15-6-7-16(2,24-15)12-11(15)13(22)21(14(12)23)10-5-3-4-9(8-10)17(18,19)20/h3-8,11-12H,1-2H3/t11-,12+,15-,16-/m0/s1. The van der Waals surface area contributed by atoms with Crippen LogP contribution in [0.15, 0.2) is 36.4 Å². The van der Waals surface area contributed by atoms with Gasteiger partial charge in [0, 0.05) is 0 Å². The zero-order valence-electron chi connectivity index (χ0n) is 12.9. The number of nitrogens with zero attached hydrogens (tertiary/aromatic N) is 1. The number of rotatable bonds is 1. The van der Waals surface area contributed by atoms with Gasteiger partial charge in [-0.2, -0.15) is 13.2 Å². The van der Waals surface area contributed by atoms with Crippen molar-refractivity contribution in [3.8, 4) is 0 Å². The van der Waals surface area contributed by atoms with Gasteiger partial charge in [-0.15, -0.1) is 0 Å². The van der Waals surface area contributed by atoms with E-state index in [1.807, 2.05) is 0 Å². The van der Waals surface area contributed by atoms with Crippen LogP contribution in [0.2, 0.25) is 0 Å². The highest BCUT2D eigenvalue weighted by Gasteiger charge is 2.70. The largest absolute Gasteiger partial charge is 0.416 e. The molecular weight excluding hydrogens is 323 g/mol. The lowest BCUT2D eigenvalue weighted by atomic mass is 9.73. The molecule has 2 bridgehead atoms. The van der Waals surface area contributed by atoms with E-state index >= 15 is 0 Å². The van der Waals surface area contributed by atoms with E-state index in [9.17, 15) is 22.8 Å². The Bertz CT molecular complexity index is 767. The summed E-state index contributed by atoms with van der Waals surface area (Å²) in [5.74, 6) is -2.45. The summed E-state index contributed by atoms with van der Waals surface area (Å²) >= 11 is 0. The number of hydrogen-bond donors (Lipinski definition) is 0. The van der Waals surface area contributed by atoms with E-state index in [2.05, 4.69) is 0 Å². The predicted molar refractivity (Wildman–Crippen MR) is 78.0 cm³/mol. The molecule has 4 nitrogen and oxygen atoms in total. The van der Waals surface area contributed by atoms with Crippen LogP contribution in [0.4, 0.5) is 18.9 Å². The maximum atomic E-state index is 12.9. The van der Waals surface area contributed by atoms with Gasteiger partial charge in [-0.1, -0.05) is 18.2 Å². The van der Waals surface area contributed by atoms with Crippen LogP contribution in [0.1, 0.15) is 19.4 Å². The Morgan fingerprint density at radius 2 is 1.58 bits per heavy atom. The normalized spacial score (nSPS) is 37.5. The van der Waals surface area contributed by atoms with Crippen LogP contribution in [0, 0.1) is 11.8 Å². The zero-order valence-corrected chi connectivity index (χ0v) is 12.9. The fourth-order valence-corrected chi connectivity index (χ4v) is 4.11. The monoisotopic (exact) mass is 337 g/mol. The maximum absolute atomic E-state index is 12.9. The van der Waals surface area contributed by atoms with Gasteiger partial charge in [0.2, 0.25) is 11.8 Å². The Balaban J connectivity index is 1.78. The molecule has 0 spiro atoms. The minimum Gasteiger partial charge on any atom is -0.359 e. The maximum Gasteiger partial charge on any atom is 0.416 e. The molecule has 2 saturated heterocycles. The Hall–Kier alpha value is -2.15. The summed E-state index contributed by atoms with van der Waals surface area (Å²) in [6.07, 6.45) is -1.02. The Morgan fingerprint density at radius 1 is 1.04 bits per heavy atom. The van der Waals surface area contributed by atoms with Gasteiger partial charge in [0.05, 0.1) is 34.3 Å². The highest BCUT2D eigenvalue weighted by atomic mass is 19.4. The quantitative estimate of drug-likeness (QED) is 0.585. The molecule has 4 atom stereocenters. The van der Waals surface area contributed by atoms with Crippen LogP contribution in [0.5, 0.6) is 0 Å². The van der Waals surface area contributed by atoms with Crippen molar-refractivity contribution < 1.29 is 27.5 Å². The molecule has 1 aromatic rings. The van der Waals surface area contributed by atoms with Gasteiger partial charge in [0.15, 0.2) is 0 Å². The molecule has 3 heterocycles. The number of carbonyl (C=O) groups is 2. The molecule has 7 heteroatoms. The number of imide groups is 1. The van der Waals surface area contributed by atoms with Gasteiger partial charge in [-0.25, -0.2) is 4.90 Å². The van der Waals surface area contributed by atoms with Crippen molar-refractivity contribution in [2.75, 3.05) is 4.90 Å². The van der Waals surface area contributed by atoms with Crippen molar-refractivity contribution in [2.24, 2.45) is 11.8 Å². The Kier molecular flexibility index (Phi) is 2.74. The Labute approximate surface area is 135 Å². The van der Waals surface area contributed by atoms with Gasteiger partial charge in [-0.05, 0) is 32.0 Å². The van der Waals surface area contributed by atoms with E-state index in [4.69, 9.17) is 4.74 Å². The van der Waals surface area contributed by atoms with Gasteiger partial charge < -0.3 is 4.74 Å². The summed E-state index contributed by atoms with van der Waals surface area (Å²) < 4.78 is 44.6. The van der Waals surface area contributed by atoms with Gasteiger partial charge >= 0.3 is 6.18 Å². The third-order valence-corrected chi connectivity index (χ3v) is 5.16. The minimum absolute atomic E-state index is 0.0548. The van der Waals surface area contributed by atoms with Crippen LogP contribution in [-0.4, -0.2) is 23.0 Å². The first kappa shape index (κ1) is 15.4. The molecule has 24 heavy (non-hydrogen) atoms. The smallest absolute Gasteiger partial charge is 0.359 e. The van der Waals surface area contributed by atoms with Gasteiger partial charge in [0.1, 0.15) is 0 Å². The minimum atomic E-state index is -4.54. The fourth-order valence-electron chi connectivity index (χ4n) is 4.11. The summed E-state index contributed by atoms with van der Waals surface area (Å²) in [5.41, 5.74) is -2.75. The van der Waals surface area contributed by atoms with Crippen LogP contribution in [0.25, 0.3) is 0 Å². The third kappa shape index (κ3) is 1.79. The molecule has 2 fully saturated rings. The lowest BCUT2D eigenvalue weighted by Gasteiger charge is -2.25. The van der Waals surface area contributed by atoms with Gasteiger partial charge in [0.25, 0.3) is 0 Å². The highest BCUT2D eigenvalue weighted by molar-refractivity contribution is 6.23. The topological polar surface area (TPSA) is 46.6 Å². The number of carbonyl (C=O) groups excluding carboxylic acids is 2. The van der Waals surface area contributed by atoms with Crippen LogP contribution in [-0.2, 0) is 20.5 Å². The molecule has 0 aliphatic carbocycles. The summed E-state index contributed by atoms with van der Waals surface area (Å²) in [4.78, 5) is 26.5. The third-order valence-electron chi connectivity index (χ3n) is 5.16. The second kappa shape index (κ2) is 4.27. The first-order valence-corrected chi connectivity index (χ1v) is 7.52. The number of halogens is 3. The molecule has 0 saturated carbocycles. The summed E-state index contributed by atoms with van der Waals surface area (Å²) in [7, 11) is 0. The van der Waals surface area contributed by atoms with Crippen molar-refractivity contribution in [3.63, 3.8) is 0 Å². The second-order valence-electron chi connectivity index (χ2n) is 6.82. The average molecular weight is 337 g/mol. The van der Waals surface area contributed by atoms with Crippen molar-refractivity contribution in [1.29, 1.82) is 0 Å². The first-order valence-electron chi connectivity index (χ1n) is 7.52.